The molecule has 0 aromatic carbocycles. The summed E-state index contributed by atoms with van der Waals surface area (Å²) < 4.78 is 42.9. The predicted octanol–water partition coefficient (Wildman–Crippen LogP) is 0.0589. The van der Waals surface area contributed by atoms with Gasteiger partial charge in [0.1, 0.15) is 23.3 Å². The van der Waals surface area contributed by atoms with Crippen LogP contribution in [0.1, 0.15) is 6.23 Å². The summed E-state index contributed by atoms with van der Waals surface area (Å²) >= 11 is 10.8. The molecular formula is C10H15ClN2O11P2S. The number of phosphoric ester groups is 2. The van der Waals surface area contributed by atoms with Crippen LogP contribution in [0.5, 0.6) is 0 Å². The Kier molecular flexibility index (Phi) is 7.18. The molecule has 17 heteroatoms. The van der Waals surface area contributed by atoms with Gasteiger partial charge in [-0.25, -0.2) is 9.13 Å². The van der Waals surface area contributed by atoms with Crippen LogP contribution in [0.15, 0.2) is 11.0 Å². The number of rotatable bonds is 7. The Morgan fingerprint density at radius 1 is 1.30 bits per heavy atom. The highest BCUT2D eigenvalue weighted by Gasteiger charge is 2.50. The van der Waals surface area contributed by atoms with E-state index in [1.165, 1.54) is 7.11 Å². The molecule has 154 valence electrons. The van der Waals surface area contributed by atoms with Gasteiger partial charge in [0.25, 0.3) is 5.56 Å². The lowest BCUT2D eigenvalue weighted by molar-refractivity contribution is -0.0610. The van der Waals surface area contributed by atoms with E-state index in [1.807, 2.05) is 0 Å². The van der Waals surface area contributed by atoms with Gasteiger partial charge >= 0.3 is 15.6 Å². The molecule has 0 radical (unpaired) electrons. The molecule has 1 aromatic rings. The van der Waals surface area contributed by atoms with E-state index in [-0.39, 0.29) is 9.79 Å². The quantitative estimate of drug-likeness (QED) is 0.267. The molecule has 0 amide bonds. The van der Waals surface area contributed by atoms with Crippen molar-refractivity contribution in [3.05, 3.63) is 26.3 Å². The average molecular weight is 469 g/mol. The first-order chi connectivity index (χ1) is 12.3. The minimum Gasteiger partial charge on any atom is -0.374 e. The van der Waals surface area contributed by atoms with E-state index in [4.69, 9.17) is 52.9 Å². The fourth-order valence-corrected chi connectivity index (χ4v) is 3.74. The second kappa shape index (κ2) is 8.49. The first-order valence-corrected chi connectivity index (χ1v) is 10.8. The fourth-order valence-electron chi connectivity index (χ4n) is 2.42. The minimum absolute atomic E-state index is 0.150. The van der Waals surface area contributed by atoms with Crippen LogP contribution < -0.4 is 5.56 Å². The van der Waals surface area contributed by atoms with Gasteiger partial charge in [-0.05, 0) is 12.2 Å². The Balaban J connectivity index is 2.42. The summed E-state index contributed by atoms with van der Waals surface area (Å²) in [6.45, 7) is -0.782. The van der Waals surface area contributed by atoms with Crippen molar-refractivity contribution >= 4 is 39.5 Å². The van der Waals surface area contributed by atoms with Crippen LogP contribution in [0.25, 0.3) is 0 Å². The van der Waals surface area contributed by atoms with Crippen molar-refractivity contribution in [1.29, 1.82) is 0 Å². The van der Waals surface area contributed by atoms with Crippen LogP contribution in [0, 0.1) is 4.77 Å². The normalized spacial score (nSPS) is 26.4. The summed E-state index contributed by atoms with van der Waals surface area (Å²) in [6.07, 6.45) is -4.18. The zero-order valence-electron chi connectivity index (χ0n) is 13.4. The number of nitrogens with one attached hydrogen (secondary N) is 1. The fraction of sp³-hybridized carbons (Fsp3) is 0.600. The number of aromatic amines is 1. The van der Waals surface area contributed by atoms with Crippen LogP contribution in [-0.2, 0) is 27.7 Å². The van der Waals surface area contributed by atoms with Gasteiger partial charge in [-0.15, -0.1) is 0 Å². The number of phosphoric acid groups is 2. The number of ether oxygens (including phenoxy) is 2. The largest absolute Gasteiger partial charge is 0.470 e. The van der Waals surface area contributed by atoms with Gasteiger partial charge in [-0.2, -0.15) is 0 Å². The molecule has 0 saturated carbocycles. The molecule has 2 rings (SSSR count). The zero-order valence-corrected chi connectivity index (χ0v) is 16.7. The molecule has 1 aliphatic rings. The molecule has 0 bridgehead atoms. The highest BCUT2D eigenvalue weighted by atomic mass is 35.5. The van der Waals surface area contributed by atoms with Crippen LogP contribution >= 0.6 is 39.5 Å². The number of hydrogen-bond donors (Lipinski definition) is 5. The molecule has 13 nitrogen and oxygen atoms in total. The summed E-state index contributed by atoms with van der Waals surface area (Å²) in [5.74, 6) is 0. The molecule has 4 unspecified atom stereocenters. The second-order valence-corrected chi connectivity index (χ2v) is 8.48. The first kappa shape index (κ1) is 22.8. The lowest BCUT2D eigenvalue weighted by Crippen LogP contribution is -2.37. The maximum atomic E-state index is 11.5. The Hall–Kier alpha value is -0.470. The van der Waals surface area contributed by atoms with Gasteiger partial charge in [0, 0.05) is 13.3 Å². The van der Waals surface area contributed by atoms with E-state index in [0.29, 0.717) is 0 Å². The third-order valence-corrected chi connectivity index (χ3v) is 5.01. The Labute approximate surface area is 161 Å². The van der Waals surface area contributed by atoms with Crippen LogP contribution in [0.2, 0.25) is 5.02 Å². The van der Waals surface area contributed by atoms with E-state index >= 15 is 0 Å². The van der Waals surface area contributed by atoms with Crippen molar-refractivity contribution in [1.82, 2.24) is 9.55 Å². The Bertz CT molecular complexity index is 894. The SMILES string of the molecule is COC1C(OP(=O)(O)O)C(COP(=O)(O)O)OC1n1cc(Cl)c(=O)[nH]c1=S. The van der Waals surface area contributed by atoms with E-state index in [9.17, 15) is 13.9 Å². The molecule has 1 aromatic heterocycles. The summed E-state index contributed by atoms with van der Waals surface area (Å²) in [5.41, 5.74) is -0.672. The summed E-state index contributed by atoms with van der Waals surface area (Å²) in [7, 11) is -8.77. The van der Waals surface area contributed by atoms with E-state index in [1.54, 1.807) is 0 Å². The van der Waals surface area contributed by atoms with Gasteiger partial charge in [0.2, 0.25) is 0 Å². The molecule has 1 aliphatic heterocycles. The third kappa shape index (κ3) is 6.00. The summed E-state index contributed by atoms with van der Waals surface area (Å²) in [6, 6.07) is 0. The standard InChI is InChI=1S/C10H15ClN2O11P2S/c1-21-7-6(24-26(18,19)20)5(3-22-25(15,16)17)23-9(7)13-2-4(11)8(14)12-10(13)27/h2,5-7,9H,3H2,1H3,(H,12,14,27)(H2,15,16,17)(H2,18,19,20). The number of methoxy groups -OCH3 is 1. The van der Waals surface area contributed by atoms with Crippen LogP contribution in [0.3, 0.4) is 0 Å². The number of hydrogen-bond acceptors (Lipinski definition) is 8. The molecule has 1 fully saturated rings. The van der Waals surface area contributed by atoms with E-state index in [0.717, 1.165) is 10.8 Å². The maximum Gasteiger partial charge on any atom is 0.470 e. The lowest BCUT2D eigenvalue weighted by Gasteiger charge is -2.24. The van der Waals surface area contributed by atoms with E-state index < -0.39 is 52.4 Å². The second-order valence-electron chi connectivity index (χ2n) is 5.26. The molecule has 4 atom stereocenters. The van der Waals surface area contributed by atoms with Gasteiger partial charge in [0.15, 0.2) is 11.0 Å². The van der Waals surface area contributed by atoms with Crippen molar-refractivity contribution in [3.8, 4) is 0 Å². The zero-order chi connectivity index (χ0) is 20.6. The summed E-state index contributed by atoms with van der Waals surface area (Å²) in [5, 5.41) is -0.260. The number of aromatic nitrogens is 2. The minimum atomic E-state index is -5.04. The summed E-state index contributed by atoms with van der Waals surface area (Å²) in [4.78, 5) is 49.7. The van der Waals surface area contributed by atoms with Crippen molar-refractivity contribution < 1.29 is 47.2 Å². The molecule has 5 N–H and O–H groups in total. The molecule has 0 spiro atoms. The van der Waals surface area contributed by atoms with Crippen molar-refractivity contribution in [2.75, 3.05) is 13.7 Å². The number of H-pyrrole nitrogens is 1. The molecule has 27 heavy (non-hydrogen) atoms. The molecule has 2 heterocycles. The van der Waals surface area contributed by atoms with Crippen LogP contribution in [0.4, 0.5) is 0 Å². The third-order valence-electron chi connectivity index (χ3n) is 3.42. The molecule has 0 aliphatic carbocycles. The smallest absolute Gasteiger partial charge is 0.374 e. The van der Waals surface area contributed by atoms with Crippen molar-refractivity contribution in [2.45, 2.75) is 24.5 Å². The van der Waals surface area contributed by atoms with Crippen molar-refractivity contribution in [3.63, 3.8) is 0 Å². The lowest BCUT2D eigenvalue weighted by atomic mass is 10.1. The van der Waals surface area contributed by atoms with Crippen LogP contribution in [-0.4, -0.2) is 61.2 Å². The molecule has 1 saturated heterocycles. The highest BCUT2D eigenvalue weighted by Crippen LogP contribution is 2.46. The first-order valence-electron chi connectivity index (χ1n) is 6.95. The topological polar surface area (TPSA) is 190 Å². The van der Waals surface area contributed by atoms with Gasteiger partial charge < -0.3 is 29.0 Å². The predicted molar refractivity (Wildman–Crippen MR) is 90.5 cm³/mol. The van der Waals surface area contributed by atoms with Gasteiger partial charge in [-0.3, -0.25) is 23.4 Å². The molecular weight excluding hydrogens is 454 g/mol. The maximum absolute atomic E-state index is 11.5. The highest BCUT2D eigenvalue weighted by molar-refractivity contribution is 7.71. The Morgan fingerprint density at radius 2 is 1.93 bits per heavy atom. The monoisotopic (exact) mass is 468 g/mol. The Morgan fingerprint density at radius 3 is 2.44 bits per heavy atom. The average Bonchev–Trinajstić information content (AvgIpc) is 2.83. The number of halogens is 1. The van der Waals surface area contributed by atoms with E-state index in [2.05, 4.69) is 14.0 Å². The van der Waals surface area contributed by atoms with Gasteiger partial charge in [0.05, 0.1) is 6.61 Å². The van der Waals surface area contributed by atoms with Crippen molar-refractivity contribution in [2.24, 2.45) is 0 Å². The van der Waals surface area contributed by atoms with Gasteiger partial charge in [-0.1, -0.05) is 11.6 Å². The number of nitrogens with zero attached hydrogens (tertiary/aromatic N) is 1.